The average molecular weight is 444 g/mol. The van der Waals surface area contributed by atoms with Gasteiger partial charge in [-0.05, 0) is 61.4 Å². The molecule has 1 aliphatic rings. The zero-order chi connectivity index (χ0) is 22.0. The summed E-state index contributed by atoms with van der Waals surface area (Å²) >= 11 is 0. The Hall–Kier alpha value is -3.11. The minimum absolute atomic E-state index is 0.153. The van der Waals surface area contributed by atoms with Crippen LogP contribution >= 0.6 is 0 Å². The molecule has 0 spiro atoms. The van der Waals surface area contributed by atoms with Crippen molar-refractivity contribution < 1.29 is 22.1 Å². The highest BCUT2D eigenvalue weighted by Gasteiger charge is 2.33. The van der Waals surface area contributed by atoms with Crippen LogP contribution < -0.4 is 5.32 Å². The molecule has 1 N–H and O–H groups in total. The standard InChI is InChI=1S/C21H21FN4O4S/c1-14(27)23-18-8-10-19(11-9-18)31(28,29)26-12-2-3-16(13-26)21-24-20(25-30-21)15-4-6-17(22)7-5-15/h4-11,16H,2-3,12-13H2,1H3,(H,23,27)/t16-/m0/s1. The van der Waals surface area contributed by atoms with Gasteiger partial charge in [0.05, 0.1) is 10.8 Å². The topological polar surface area (TPSA) is 105 Å². The van der Waals surface area contributed by atoms with E-state index in [1.54, 1.807) is 24.3 Å². The van der Waals surface area contributed by atoms with Gasteiger partial charge in [-0.2, -0.15) is 9.29 Å². The number of nitrogens with one attached hydrogen (secondary N) is 1. The Morgan fingerprint density at radius 2 is 1.87 bits per heavy atom. The summed E-state index contributed by atoms with van der Waals surface area (Å²) in [6.07, 6.45) is 1.38. The summed E-state index contributed by atoms with van der Waals surface area (Å²) in [6.45, 7) is 2.00. The van der Waals surface area contributed by atoms with E-state index in [2.05, 4.69) is 15.5 Å². The van der Waals surface area contributed by atoms with E-state index in [1.165, 1.54) is 35.5 Å². The van der Waals surface area contributed by atoms with E-state index in [1.807, 2.05) is 0 Å². The minimum Gasteiger partial charge on any atom is -0.339 e. The predicted octanol–water partition coefficient (Wildman–Crippen LogP) is 3.40. The number of nitrogens with zero attached hydrogens (tertiary/aromatic N) is 3. The van der Waals surface area contributed by atoms with Gasteiger partial charge >= 0.3 is 0 Å². The number of hydrogen-bond acceptors (Lipinski definition) is 6. The van der Waals surface area contributed by atoms with Crippen molar-refractivity contribution in [2.24, 2.45) is 0 Å². The molecule has 1 saturated heterocycles. The number of aromatic nitrogens is 2. The largest absolute Gasteiger partial charge is 0.339 e. The number of carbonyl (C=O) groups is 1. The summed E-state index contributed by atoms with van der Waals surface area (Å²) in [6, 6.07) is 11.8. The molecule has 10 heteroatoms. The SMILES string of the molecule is CC(=O)Nc1ccc(S(=O)(=O)N2CCC[C@H](c3nc(-c4ccc(F)cc4)no3)C2)cc1. The molecular weight excluding hydrogens is 423 g/mol. The van der Waals surface area contributed by atoms with Crippen molar-refractivity contribution in [2.75, 3.05) is 18.4 Å². The first-order chi connectivity index (χ1) is 14.8. The summed E-state index contributed by atoms with van der Waals surface area (Å²) < 4.78 is 46.1. The third-order valence-corrected chi connectivity index (χ3v) is 6.97. The van der Waals surface area contributed by atoms with E-state index in [-0.39, 0.29) is 29.1 Å². The van der Waals surface area contributed by atoms with Crippen LogP contribution in [-0.4, -0.2) is 41.9 Å². The van der Waals surface area contributed by atoms with Crippen LogP contribution in [0.2, 0.25) is 0 Å². The number of anilines is 1. The predicted molar refractivity (Wildman–Crippen MR) is 111 cm³/mol. The molecule has 1 amide bonds. The van der Waals surface area contributed by atoms with E-state index in [0.717, 1.165) is 6.42 Å². The van der Waals surface area contributed by atoms with Crippen molar-refractivity contribution in [1.82, 2.24) is 14.4 Å². The Bertz CT molecular complexity index is 1180. The maximum atomic E-state index is 13.1. The molecule has 0 radical (unpaired) electrons. The molecule has 8 nitrogen and oxygen atoms in total. The third kappa shape index (κ3) is 4.64. The molecule has 0 aliphatic carbocycles. The number of piperidine rings is 1. The van der Waals surface area contributed by atoms with Crippen LogP contribution in [0.25, 0.3) is 11.4 Å². The minimum atomic E-state index is -3.71. The van der Waals surface area contributed by atoms with Crippen LogP contribution in [0.5, 0.6) is 0 Å². The number of amides is 1. The lowest BCUT2D eigenvalue weighted by atomic mass is 10.00. The van der Waals surface area contributed by atoms with Crippen LogP contribution in [-0.2, 0) is 14.8 Å². The van der Waals surface area contributed by atoms with Gasteiger partial charge in [-0.1, -0.05) is 5.16 Å². The first-order valence-corrected chi connectivity index (χ1v) is 11.2. The van der Waals surface area contributed by atoms with Gasteiger partial charge in [-0.3, -0.25) is 4.79 Å². The van der Waals surface area contributed by atoms with Crippen molar-refractivity contribution >= 4 is 21.6 Å². The molecule has 31 heavy (non-hydrogen) atoms. The summed E-state index contributed by atoms with van der Waals surface area (Å²) in [5.41, 5.74) is 1.15. The first-order valence-electron chi connectivity index (χ1n) is 9.80. The molecule has 0 saturated carbocycles. The molecule has 0 unspecified atom stereocenters. The Morgan fingerprint density at radius 3 is 2.55 bits per heavy atom. The van der Waals surface area contributed by atoms with Crippen LogP contribution in [0, 0.1) is 5.82 Å². The fraction of sp³-hybridized carbons (Fsp3) is 0.286. The van der Waals surface area contributed by atoms with Crippen molar-refractivity contribution in [3.05, 3.63) is 60.2 Å². The molecular formula is C21H21FN4O4S. The van der Waals surface area contributed by atoms with Gasteiger partial charge in [0.25, 0.3) is 0 Å². The van der Waals surface area contributed by atoms with Gasteiger partial charge in [0.2, 0.25) is 27.6 Å². The number of carbonyl (C=O) groups excluding carboxylic acids is 1. The second-order valence-electron chi connectivity index (χ2n) is 7.37. The Balaban J connectivity index is 1.50. The van der Waals surface area contributed by atoms with Crippen LogP contribution in [0.15, 0.2) is 57.9 Å². The monoisotopic (exact) mass is 444 g/mol. The second-order valence-corrected chi connectivity index (χ2v) is 9.31. The second kappa shape index (κ2) is 8.56. The lowest BCUT2D eigenvalue weighted by Crippen LogP contribution is -2.39. The molecule has 1 aromatic heterocycles. The molecule has 4 rings (SSSR count). The number of hydrogen-bond donors (Lipinski definition) is 1. The zero-order valence-corrected chi connectivity index (χ0v) is 17.6. The van der Waals surface area contributed by atoms with Crippen molar-refractivity contribution in [1.29, 1.82) is 0 Å². The molecule has 3 aromatic rings. The fourth-order valence-electron chi connectivity index (χ4n) is 3.54. The maximum Gasteiger partial charge on any atom is 0.243 e. The van der Waals surface area contributed by atoms with Crippen molar-refractivity contribution in [3.63, 3.8) is 0 Å². The highest BCUT2D eigenvalue weighted by molar-refractivity contribution is 7.89. The fourth-order valence-corrected chi connectivity index (χ4v) is 5.07. The van der Waals surface area contributed by atoms with Crippen molar-refractivity contribution in [3.8, 4) is 11.4 Å². The molecule has 2 aromatic carbocycles. The zero-order valence-electron chi connectivity index (χ0n) is 16.8. The molecule has 0 bridgehead atoms. The van der Waals surface area contributed by atoms with Crippen LogP contribution in [0.1, 0.15) is 31.6 Å². The van der Waals surface area contributed by atoms with E-state index >= 15 is 0 Å². The number of rotatable bonds is 5. The Kier molecular flexibility index (Phi) is 5.84. The van der Waals surface area contributed by atoms with Gasteiger partial charge in [0, 0.05) is 31.3 Å². The summed E-state index contributed by atoms with van der Waals surface area (Å²) in [5, 5.41) is 6.57. The average Bonchev–Trinajstić information content (AvgIpc) is 3.25. The molecule has 1 aliphatic heterocycles. The van der Waals surface area contributed by atoms with E-state index in [9.17, 15) is 17.6 Å². The maximum absolute atomic E-state index is 13.1. The lowest BCUT2D eigenvalue weighted by molar-refractivity contribution is -0.114. The third-order valence-electron chi connectivity index (χ3n) is 5.09. The molecule has 1 fully saturated rings. The van der Waals surface area contributed by atoms with Gasteiger partial charge in [0.15, 0.2) is 0 Å². The van der Waals surface area contributed by atoms with E-state index in [4.69, 9.17) is 4.52 Å². The molecule has 2 heterocycles. The lowest BCUT2D eigenvalue weighted by Gasteiger charge is -2.30. The van der Waals surface area contributed by atoms with Crippen LogP contribution in [0.4, 0.5) is 10.1 Å². The first kappa shape index (κ1) is 21.1. The van der Waals surface area contributed by atoms with Crippen molar-refractivity contribution in [2.45, 2.75) is 30.6 Å². The molecule has 1 atom stereocenters. The van der Waals surface area contributed by atoms with Gasteiger partial charge in [-0.15, -0.1) is 0 Å². The Morgan fingerprint density at radius 1 is 1.16 bits per heavy atom. The van der Waals surface area contributed by atoms with Gasteiger partial charge < -0.3 is 9.84 Å². The smallest absolute Gasteiger partial charge is 0.243 e. The van der Waals surface area contributed by atoms with Gasteiger partial charge in [-0.25, -0.2) is 12.8 Å². The Labute approximate surface area is 179 Å². The summed E-state index contributed by atoms with van der Waals surface area (Å²) in [5.74, 6) is -0.118. The quantitative estimate of drug-likeness (QED) is 0.647. The number of sulfonamides is 1. The summed E-state index contributed by atoms with van der Waals surface area (Å²) in [7, 11) is -3.71. The summed E-state index contributed by atoms with van der Waals surface area (Å²) in [4.78, 5) is 15.7. The van der Waals surface area contributed by atoms with Crippen LogP contribution in [0.3, 0.4) is 0 Å². The molecule has 162 valence electrons. The normalized spacial score (nSPS) is 17.4. The highest BCUT2D eigenvalue weighted by atomic mass is 32.2. The highest BCUT2D eigenvalue weighted by Crippen LogP contribution is 2.31. The number of halogens is 1. The van der Waals surface area contributed by atoms with Gasteiger partial charge in [0.1, 0.15) is 5.82 Å². The van der Waals surface area contributed by atoms with E-state index in [0.29, 0.717) is 35.9 Å². The van der Waals surface area contributed by atoms with E-state index < -0.39 is 10.0 Å². The number of benzene rings is 2.